The van der Waals surface area contributed by atoms with Gasteiger partial charge in [-0.3, -0.25) is 19.1 Å². The Labute approximate surface area is 175 Å². The Morgan fingerprint density at radius 1 is 1.00 bits per heavy atom. The van der Waals surface area contributed by atoms with E-state index >= 15 is 0 Å². The number of carbonyl (C=O) groups excluding carboxylic acids is 2. The summed E-state index contributed by atoms with van der Waals surface area (Å²) in [4.78, 5) is 52.6. The fourth-order valence-electron chi connectivity index (χ4n) is 4.30. The Morgan fingerprint density at radius 2 is 1.68 bits per heavy atom. The molecule has 0 unspecified atom stereocenters. The first kappa shape index (κ1) is 18.8. The molecule has 0 saturated carbocycles. The molecular weight excluding hydrogens is 398 g/mol. The lowest BCUT2D eigenvalue weighted by Gasteiger charge is -2.29. The van der Waals surface area contributed by atoms with E-state index in [-0.39, 0.29) is 11.3 Å². The summed E-state index contributed by atoms with van der Waals surface area (Å²) >= 11 is 0. The molecule has 0 radical (unpaired) electrons. The highest BCUT2D eigenvalue weighted by molar-refractivity contribution is 6.23. The van der Waals surface area contributed by atoms with Crippen LogP contribution in [0, 0.1) is 0 Å². The Morgan fingerprint density at radius 3 is 2.35 bits per heavy atom. The molecule has 0 saturated heterocycles. The Balaban J connectivity index is 1.79. The predicted octanol–water partition coefficient (Wildman–Crippen LogP) is 2.03. The van der Waals surface area contributed by atoms with Crippen LogP contribution in [0.3, 0.4) is 0 Å². The van der Waals surface area contributed by atoms with Gasteiger partial charge < -0.3 is 10.1 Å². The summed E-state index contributed by atoms with van der Waals surface area (Å²) in [6.07, 6.45) is 0. The lowest BCUT2D eigenvalue weighted by molar-refractivity contribution is 0.0600. The second-order valence-corrected chi connectivity index (χ2v) is 7.42. The van der Waals surface area contributed by atoms with Crippen molar-refractivity contribution < 1.29 is 14.3 Å². The van der Waals surface area contributed by atoms with Gasteiger partial charge in [0.1, 0.15) is 5.82 Å². The van der Waals surface area contributed by atoms with E-state index in [1.54, 1.807) is 43.4 Å². The fraction of sp³-hybridized carbons (Fsp3) is 0.130. The summed E-state index contributed by atoms with van der Waals surface area (Å²) < 4.78 is 6.07. The predicted molar refractivity (Wildman–Crippen MR) is 113 cm³/mol. The lowest BCUT2D eigenvalue weighted by atomic mass is 9.81. The highest BCUT2D eigenvalue weighted by atomic mass is 16.5. The van der Waals surface area contributed by atoms with Crippen LogP contribution in [-0.2, 0) is 11.8 Å². The number of hydrogen-bond acceptors (Lipinski definition) is 6. The highest BCUT2D eigenvalue weighted by Gasteiger charge is 2.42. The molecule has 1 aliphatic carbocycles. The topological polar surface area (TPSA) is 110 Å². The molecule has 5 rings (SSSR count). The zero-order chi connectivity index (χ0) is 21.9. The Bertz CT molecular complexity index is 1430. The number of esters is 1. The third-order valence-electron chi connectivity index (χ3n) is 5.80. The van der Waals surface area contributed by atoms with Crippen LogP contribution in [0.4, 0.5) is 5.82 Å². The van der Waals surface area contributed by atoms with E-state index in [0.29, 0.717) is 33.8 Å². The van der Waals surface area contributed by atoms with Crippen molar-refractivity contribution in [3.63, 3.8) is 0 Å². The van der Waals surface area contributed by atoms with Crippen molar-refractivity contribution in [3.8, 4) is 0 Å². The van der Waals surface area contributed by atoms with Crippen LogP contribution in [-0.4, -0.2) is 28.4 Å². The summed E-state index contributed by atoms with van der Waals surface area (Å²) in [5.41, 5.74) is 2.41. The number of Topliss-reactive ketones (excluding diaryl/α,β-unsaturated/α-hetero) is 1. The summed E-state index contributed by atoms with van der Waals surface area (Å²) in [6, 6.07) is 13.7. The van der Waals surface area contributed by atoms with Gasteiger partial charge in [-0.1, -0.05) is 36.4 Å². The number of ketones is 1. The molecule has 0 fully saturated rings. The minimum Gasteiger partial charge on any atom is -0.465 e. The second-order valence-electron chi connectivity index (χ2n) is 7.42. The largest absolute Gasteiger partial charge is 0.465 e. The molecule has 1 atom stereocenters. The number of H-pyrrole nitrogens is 1. The number of hydrogen-bond donors (Lipinski definition) is 2. The molecule has 0 spiro atoms. The standard InChI is InChI=1S/C23H17N3O5/c1-26-20-17(21(28)25-23(26)30)15(11-7-9-12(10-8-11)22(29)31-2)16-18(24-20)13-5-3-4-6-14(13)19(16)27/h3-10,15,24H,1-2H3,(H,25,28,30)/t15-/m0/s1. The summed E-state index contributed by atoms with van der Waals surface area (Å²) in [5.74, 6) is -1.05. The van der Waals surface area contributed by atoms with Gasteiger partial charge in [0.05, 0.1) is 23.9 Å². The molecule has 3 aromatic rings. The SMILES string of the molecule is COC(=O)c1ccc([C@H]2C3=C(Nc4c2c(=O)[nH]c(=O)n4C)c2ccccc2C3=O)cc1. The number of benzene rings is 2. The van der Waals surface area contributed by atoms with Gasteiger partial charge in [0.2, 0.25) is 0 Å². The zero-order valence-electron chi connectivity index (χ0n) is 16.7. The monoisotopic (exact) mass is 415 g/mol. The van der Waals surface area contributed by atoms with Gasteiger partial charge in [-0.05, 0) is 17.7 Å². The number of carbonyl (C=O) groups is 2. The normalized spacial score (nSPS) is 16.3. The molecule has 154 valence electrons. The van der Waals surface area contributed by atoms with Crippen LogP contribution in [0.5, 0.6) is 0 Å². The molecule has 8 heteroatoms. The molecule has 0 bridgehead atoms. The van der Waals surface area contributed by atoms with Crippen molar-refractivity contribution in [2.24, 2.45) is 7.05 Å². The summed E-state index contributed by atoms with van der Waals surface area (Å²) in [6.45, 7) is 0. The average molecular weight is 415 g/mol. The first-order chi connectivity index (χ1) is 14.9. The number of nitrogens with one attached hydrogen (secondary N) is 2. The molecule has 2 heterocycles. The number of methoxy groups -OCH3 is 1. The van der Waals surface area contributed by atoms with E-state index in [1.807, 2.05) is 12.1 Å². The van der Waals surface area contributed by atoms with Gasteiger partial charge in [0.25, 0.3) is 5.56 Å². The van der Waals surface area contributed by atoms with Gasteiger partial charge in [0.15, 0.2) is 5.78 Å². The first-order valence-electron chi connectivity index (χ1n) is 9.59. The number of ether oxygens (including phenoxy) is 1. The third-order valence-corrected chi connectivity index (χ3v) is 5.80. The van der Waals surface area contributed by atoms with Gasteiger partial charge >= 0.3 is 11.7 Å². The molecule has 1 aromatic heterocycles. The van der Waals surface area contributed by atoms with Gasteiger partial charge in [0, 0.05) is 29.7 Å². The van der Waals surface area contributed by atoms with Crippen molar-refractivity contribution >= 4 is 23.3 Å². The van der Waals surface area contributed by atoms with E-state index in [4.69, 9.17) is 4.74 Å². The van der Waals surface area contributed by atoms with Crippen molar-refractivity contribution in [2.45, 2.75) is 5.92 Å². The minimum absolute atomic E-state index is 0.181. The van der Waals surface area contributed by atoms with Crippen molar-refractivity contribution in [1.29, 1.82) is 0 Å². The molecule has 8 nitrogen and oxygen atoms in total. The molecule has 31 heavy (non-hydrogen) atoms. The minimum atomic E-state index is -0.714. The number of aromatic nitrogens is 2. The molecule has 2 aliphatic rings. The number of rotatable bonds is 2. The first-order valence-corrected chi connectivity index (χ1v) is 9.59. The van der Waals surface area contributed by atoms with Crippen LogP contribution in [0.15, 0.2) is 63.7 Å². The van der Waals surface area contributed by atoms with Crippen LogP contribution in [0.1, 0.15) is 43.3 Å². The second kappa shape index (κ2) is 6.66. The Hall–Kier alpha value is -4.20. The van der Waals surface area contributed by atoms with Crippen LogP contribution >= 0.6 is 0 Å². The van der Waals surface area contributed by atoms with E-state index in [0.717, 1.165) is 5.56 Å². The third kappa shape index (κ3) is 2.61. The molecule has 0 amide bonds. The number of nitrogens with zero attached hydrogens (tertiary/aromatic N) is 1. The van der Waals surface area contributed by atoms with Gasteiger partial charge in [-0.2, -0.15) is 0 Å². The molecule has 2 aromatic carbocycles. The van der Waals surface area contributed by atoms with E-state index in [1.165, 1.54) is 11.7 Å². The molecule has 1 aliphatic heterocycles. The van der Waals surface area contributed by atoms with E-state index in [2.05, 4.69) is 10.3 Å². The number of anilines is 1. The zero-order valence-corrected chi connectivity index (χ0v) is 16.7. The highest BCUT2D eigenvalue weighted by Crippen LogP contribution is 2.47. The maximum atomic E-state index is 13.4. The number of allylic oxidation sites excluding steroid dienone is 1. The van der Waals surface area contributed by atoms with E-state index in [9.17, 15) is 19.2 Å². The molecule has 2 N–H and O–H groups in total. The Kier molecular flexibility index (Phi) is 4.04. The molecular formula is C23H17N3O5. The maximum Gasteiger partial charge on any atom is 0.337 e. The van der Waals surface area contributed by atoms with Crippen molar-refractivity contribution in [1.82, 2.24) is 9.55 Å². The van der Waals surface area contributed by atoms with Crippen LogP contribution in [0.25, 0.3) is 5.70 Å². The number of aromatic amines is 1. The smallest absolute Gasteiger partial charge is 0.337 e. The quantitative estimate of drug-likeness (QED) is 0.620. The van der Waals surface area contributed by atoms with Gasteiger partial charge in [-0.15, -0.1) is 0 Å². The van der Waals surface area contributed by atoms with Crippen LogP contribution < -0.4 is 16.6 Å². The van der Waals surface area contributed by atoms with E-state index < -0.39 is 23.1 Å². The summed E-state index contributed by atoms with van der Waals surface area (Å²) in [5, 5.41) is 3.16. The lowest BCUT2D eigenvalue weighted by Crippen LogP contribution is -2.37. The summed E-state index contributed by atoms with van der Waals surface area (Å²) in [7, 11) is 2.85. The fourth-order valence-corrected chi connectivity index (χ4v) is 4.30. The number of fused-ring (bicyclic) bond motifs is 3. The van der Waals surface area contributed by atoms with Crippen LogP contribution in [0.2, 0.25) is 0 Å². The van der Waals surface area contributed by atoms with Gasteiger partial charge in [-0.25, -0.2) is 9.59 Å². The van der Waals surface area contributed by atoms with Crippen molar-refractivity contribution in [2.75, 3.05) is 12.4 Å². The average Bonchev–Trinajstić information content (AvgIpc) is 3.08. The maximum absolute atomic E-state index is 13.4. The van der Waals surface area contributed by atoms with Crippen molar-refractivity contribution in [3.05, 3.63) is 103 Å².